The topological polar surface area (TPSA) is 77.8 Å². The Kier molecular flexibility index (Phi) is 3.06. The summed E-state index contributed by atoms with van der Waals surface area (Å²) in [6.07, 6.45) is 0. The van der Waals surface area contributed by atoms with Gasteiger partial charge < -0.3 is 5.11 Å². The molecule has 0 bridgehead atoms. The Morgan fingerprint density at radius 1 is 1.56 bits per heavy atom. The molecule has 0 spiro atoms. The fourth-order valence-corrected chi connectivity index (χ4v) is 0.958. The summed E-state index contributed by atoms with van der Waals surface area (Å²) in [7, 11) is -2.60. The van der Waals surface area contributed by atoms with Crippen molar-refractivity contribution in [3.05, 3.63) is 0 Å². The predicted octanol–water partition coefficient (Wildman–Crippen LogP) is -1.29. The van der Waals surface area contributed by atoms with Crippen molar-refractivity contribution in [1.82, 2.24) is 4.90 Å². The van der Waals surface area contributed by atoms with E-state index in [9.17, 15) is 8.42 Å². The first-order chi connectivity index (χ1) is 3.95. The molecule has 0 radical (unpaired) electrons. The number of rotatable bonds is 3. The number of hydrogen-bond acceptors (Lipinski definition) is 4. The van der Waals surface area contributed by atoms with E-state index in [-0.39, 0.29) is 6.73 Å². The Balaban J connectivity index is 3.75. The summed E-state index contributed by atoms with van der Waals surface area (Å²) in [5.74, 6) is -0.538. The van der Waals surface area contributed by atoms with Crippen LogP contribution in [0.5, 0.6) is 0 Å². The maximum Gasteiger partial charge on any atom is 0.278 e. The summed E-state index contributed by atoms with van der Waals surface area (Å²) in [4.78, 5) is 1.05. The van der Waals surface area contributed by atoms with Crippen LogP contribution in [0.15, 0.2) is 0 Å². The van der Waals surface area contributed by atoms with Gasteiger partial charge in [0.25, 0.3) is 10.1 Å². The van der Waals surface area contributed by atoms with Crippen molar-refractivity contribution in [2.75, 3.05) is 19.7 Å². The summed E-state index contributed by atoms with van der Waals surface area (Å²) >= 11 is 0. The van der Waals surface area contributed by atoms with Gasteiger partial charge in [-0.1, -0.05) is 0 Å². The molecular weight excluding hydrogens is 146 g/mol. The molecule has 0 aromatic rings. The highest BCUT2D eigenvalue weighted by Crippen LogP contribution is 1.85. The summed E-state index contributed by atoms with van der Waals surface area (Å²) < 4.78 is 28.1. The van der Waals surface area contributed by atoms with Crippen molar-refractivity contribution < 1.29 is 18.1 Å². The van der Waals surface area contributed by atoms with Gasteiger partial charge >= 0.3 is 0 Å². The average Bonchev–Trinajstić information content (AvgIpc) is 1.62. The monoisotopic (exact) mass is 155 g/mol. The van der Waals surface area contributed by atoms with E-state index in [0.29, 0.717) is 0 Å². The van der Waals surface area contributed by atoms with Crippen molar-refractivity contribution in [3.63, 3.8) is 0 Å². The summed E-state index contributed by atoms with van der Waals surface area (Å²) in [6.45, 7) is -0.389. The minimum Gasteiger partial charge on any atom is -0.381 e. The van der Waals surface area contributed by atoms with Crippen LogP contribution in [-0.2, 0) is 10.1 Å². The zero-order valence-corrected chi connectivity index (χ0v) is 5.80. The molecule has 0 fully saturated rings. The lowest BCUT2D eigenvalue weighted by Gasteiger charge is -2.08. The minimum absolute atomic E-state index is 0.389. The molecule has 0 saturated carbocycles. The third-order valence-corrected chi connectivity index (χ3v) is 1.39. The van der Waals surface area contributed by atoms with Crippen LogP contribution in [0.3, 0.4) is 0 Å². The molecule has 0 aromatic heterocycles. The third kappa shape index (κ3) is 5.71. The molecule has 5 nitrogen and oxygen atoms in total. The summed E-state index contributed by atoms with van der Waals surface area (Å²) in [6, 6.07) is 0. The van der Waals surface area contributed by atoms with E-state index in [4.69, 9.17) is 9.66 Å². The van der Waals surface area contributed by atoms with Gasteiger partial charge in [-0.15, -0.1) is 0 Å². The van der Waals surface area contributed by atoms with Crippen molar-refractivity contribution in [2.45, 2.75) is 0 Å². The number of hydrogen-bond donors (Lipinski definition) is 2. The van der Waals surface area contributed by atoms with E-state index in [1.54, 1.807) is 0 Å². The number of aliphatic hydroxyl groups excluding tert-OH is 1. The van der Waals surface area contributed by atoms with Crippen molar-refractivity contribution in [2.24, 2.45) is 0 Å². The molecule has 0 aromatic carbocycles. The van der Waals surface area contributed by atoms with Crippen molar-refractivity contribution >= 4 is 10.1 Å². The van der Waals surface area contributed by atoms with Crippen LogP contribution in [0.4, 0.5) is 0 Å². The molecule has 0 aliphatic carbocycles. The van der Waals surface area contributed by atoms with Crippen LogP contribution in [0.2, 0.25) is 0 Å². The lowest BCUT2D eigenvalue weighted by molar-refractivity contribution is 0.147. The molecule has 0 amide bonds. The highest BCUT2D eigenvalue weighted by atomic mass is 32.2. The minimum atomic E-state index is -3.97. The van der Waals surface area contributed by atoms with Gasteiger partial charge in [0.05, 0.1) is 6.73 Å². The van der Waals surface area contributed by atoms with Gasteiger partial charge in [0, 0.05) is 0 Å². The normalized spacial score (nSPS) is 12.4. The Bertz CT molecular complexity index is 163. The first kappa shape index (κ1) is 8.83. The highest BCUT2D eigenvalue weighted by Gasteiger charge is 2.06. The van der Waals surface area contributed by atoms with E-state index in [1.807, 2.05) is 0 Å². The lowest BCUT2D eigenvalue weighted by Crippen LogP contribution is -2.26. The fourth-order valence-electron chi connectivity index (χ4n) is 0.319. The lowest BCUT2D eigenvalue weighted by atomic mass is 10.9. The SMILES string of the molecule is CN(CO)CS(=O)(=O)O. The van der Waals surface area contributed by atoms with E-state index in [2.05, 4.69) is 0 Å². The average molecular weight is 155 g/mol. The Morgan fingerprint density at radius 3 is 2.11 bits per heavy atom. The van der Waals surface area contributed by atoms with Crippen molar-refractivity contribution in [1.29, 1.82) is 0 Å². The molecule has 0 aliphatic rings. The van der Waals surface area contributed by atoms with Gasteiger partial charge in [-0.25, -0.2) is 0 Å². The second kappa shape index (κ2) is 3.11. The van der Waals surface area contributed by atoms with Crippen LogP contribution in [-0.4, -0.2) is 42.6 Å². The van der Waals surface area contributed by atoms with Gasteiger partial charge in [-0.2, -0.15) is 8.42 Å². The van der Waals surface area contributed by atoms with Crippen LogP contribution in [0.1, 0.15) is 0 Å². The predicted molar refractivity (Wildman–Crippen MR) is 31.3 cm³/mol. The molecular formula is C3H9NO4S. The van der Waals surface area contributed by atoms with Gasteiger partial charge in [0.2, 0.25) is 0 Å². The molecule has 56 valence electrons. The van der Waals surface area contributed by atoms with E-state index in [0.717, 1.165) is 4.90 Å². The van der Waals surface area contributed by atoms with E-state index < -0.39 is 16.0 Å². The number of aliphatic hydroxyl groups is 1. The maximum atomic E-state index is 10.0. The van der Waals surface area contributed by atoms with Gasteiger partial charge in [0.1, 0.15) is 5.88 Å². The molecule has 0 unspecified atom stereocenters. The van der Waals surface area contributed by atoms with E-state index in [1.165, 1.54) is 7.05 Å². The van der Waals surface area contributed by atoms with Crippen LogP contribution < -0.4 is 0 Å². The van der Waals surface area contributed by atoms with Gasteiger partial charge in [-0.05, 0) is 7.05 Å². The smallest absolute Gasteiger partial charge is 0.278 e. The molecule has 0 aliphatic heterocycles. The Morgan fingerprint density at radius 2 is 2.00 bits per heavy atom. The standard InChI is InChI=1S/C3H9NO4S/c1-4(2-5)3-9(6,7)8/h5H,2-3H2,1H3,(H,6,7,8). The second-order valence-electron chi connectivity index (χ2n) is 1.71. The maximum absolute atomic E-state index is 10.0. The molecule has 0 heterocycles. The Hall–Kier alpha value is -0.170. The molecule has 9 heavy (non-hydrogen) atoms. The highest BCUT2D eigenvalue weighted by molar-refractivity contribution is 7.85. The van der Waals surface area contributed by atoms with E-state index >= 15 is 0 Å². The van der Waals surface area contributed by atoms with Crippen LogP contribution >= 0.6 is 0 Å². The molecule has 0 rings (SSSR count). The first-order valence-electron chi connectivity index (χ1n) is 2.20. The second-order valence-corrected chi connectivity index (χ2v) is 3.13. The largest absolute Gasteiger partial charge is 0.381 e. The van der Waals surface area contributed by atoms with Crippen LogP contribution in [0.25, 0.3) is 0 Å². The van der Waals surface area contributed by atoms with Gasteiger partial charge in [-0.3, -0.25) is 9.45 Å². The molecule has 6 heteroatoms. The van der Waals surface area contributed by atoms with Gasteiger partial charge in [0.15, 0.2) is 0 Å². The zero-order chi connectivity index (χ0) is 7.49. The van der Waals surface area contributed by atoms with Crippen molar-refractivity contribution in [3.8, 4) is 0 Å². The third-order valence-electron chi connectivity index (χ3n) is 0.625. The number of nitrogens with zero attached hydrogens (tertiary/aromatic N) is 1. The quantitative estimate of drug-likeness (QED) is 0.392. The summed E-state index contributed by atoms with van der Waals surface area (Å²) in [5.41, 5.74) is 0. The molecule has 0 saturated heterocycles. The molecule has 0 atom stereocenters. The molecule has 2 N–H and O–H groups in total. The fraction of sp³-hybridized carbons (Fsp3) is 1.00. The Labute approximate surface area is 53.7 Å². The first-order valence-corrected chi connectivity index (χ1v) is 3.81. The zero-order valence-electron chi connectivity index (χ0n) is 4.98. The van der Waals surface area contributed by atoms with Crippen LogP contribution in [0, 0.1) is 0 Å². The summed E-state index contributed by atoms with van der Waals surface area (Å²) in [5, 5.41) is 8.25.